The van der Waals surface area contributed by atoms with E-state index in [0.717, 1.165) is 30.2 Å². The van der Waals surface area contributed by atoms with Gasteiger partial charge in [0.05, 0.1) is 20.8 Å². The second-order valence-corrected chi connectivity index (χ2v) is 7.15. The number of carbonyl (C=O) groups is 1. The van der Waals surface area contributed by atoms with Crippen molar-refractivity contribution in [1.29, 1.82) is 0 Å². The van der Waals surface area contributed by atoms with Crippen molar-refractivity contribution in [2.24, 2.45) is 0 Å². The summed E-state index contributed by atoms with van der Waals surface area (Å²) in [6.07, 6.45) is 0.886. The Morgan fingerprint density at radius 3 is 2.48 bits per heavy atom. The Morgan fingerprint density at radius 1 is 1.11 bits per heavy atom. The highest BCUT2D eigenvalue weighted by molar-refractivity contribution is 5.92. The lowest BCUT2D eigenvalue weighted by atomic mass is 9.93. The number of ether oxygens (including phenoxy) is 2. The predicted molar refractivity (Wildman–Crippen MR) is 108 cm³/mol. The summed E-state index contributed by atoms with van der Waals surface area (Å²) in [6.45, 7) is 7.45. The van der Waals surface area contributed by atoms with Gasteiger partial charge in [-0.3, -0.25) is 9.69 Å². The van der Waals surface area contributed by atoms with Crippen molar-refractivity contribution in [1.82, 2.24) is 4.90 Å². The van der Waals surface area contributed by atoms with Gasteiger partial charge >= 0.3 is 0 Å². The Balaban J connectivity index is 1.71. The molecule has 5 heteroatoms. The Bertz CT molecular complexity index is 848. The predicted octanol–water partition coefficient (Wildman–Crippen LogP) is 3.88. The number of rotatable bonds is 5. The average molecular weight is 368 g/mol. The van der Waals surface area contributed by atoms with Gasteiger partial charge < -0.3 is 14.8 Å². The molecule has 0 saturated heterocycles. The summed E-state index contributed by atoms with van der Waals surface area (Å²) in [5.41, 5.74) is 5.69. The highest BCUT2D eigenvalue weighted by Gasteiger charge is 2.27. The van der Waals surface area contributed by atoms with Crippen LogP contribution in [0.15, 0.2) is 30.3 Å². The third kappa shape index (κ3) is 4.08. The molecule has 144 valence electrons. The van der Waals surface area contributed by atoms with Gasteiger partial charge in [0.25, 0.3) is 0 Å². The molecule has 0 fully saturated rings. The zero-order chi connectivity index (χ0) is 19.6. The number of aryl methyl sites for hydroxylation is 2. The maximum Gasteiger partial charge on any atom is 0.238 e. The number of nitrogens with one attached hydrogen (secondary N) is 1. The van der Waals surface area contributed by atoms with Gasteiger partial charge in [0.1, 0.15) is 0 Å². The van der Waals surface area contributed by atoms with Crippen molar-refractivity contribution in [3.63, 3.8) is 0 Å². The fourth-order valence-electron chi connectivity index (χ4n) is 3.62. The number of nitrogens with zero attached hydrogens (tertiary/aromatic N) is 1. The molecule has 1 aliphatic rings. The molecule has 2 aromatic carbocycles. The van der Waals surface area contributed by atoms with E-state index in [-0.39, 0.29) is 11.9 Å². The van der Waals surface area contributed by atoms with Crippen LogP contribution in [0.2, 0.25) is 0 Å². The quantitative estimate of drug-likeness (QED) is 0.870. The summed E-state index contributed by atoms with van der Waals surface area (Å²) >= 11 is 0. The van der Waals surface area contributed by atoms with E-state index >= 15 is 0 Å². The van der Waals surface area contributed by atoms with Crippen LogP contribution in [0.5, 0.6) is 11.5 Å². The van der Waals surface area contributed by atoms with Crippen LogP contribution in [0.1, 0.15) is 35.2 Å². The highest BCUT2D eigenvalue weighted by atomic mass is 16.5. The standard InChI is InChI=1S/C22H28N2O3/c1-14-6-7-18(10-15(14)2)23-22(25)13-24-9-8-17-11-20(26-4)21(27-5)12-19(17)16(24)3/h6-7,10-12,16H,8-9,13H2,1-5H3,(H,23,25)/t16-/m0/s1. The minimum Gasteiger partial charge on any atom is -0.493 e. The Morgan fingerprint density at radius 2 is 1.81 bits per heavy atom. The molecule has 0 aromatic heterocycles. The first-order valence-corrected chi connectivity index (χ1v) is 9.29. The zero-order valence-electron chi connectivity index (χ0n) is 16.8. The molecule has 0 bridgehead atoms. The summed E-state index contributed by atoms with van der Waals surface area (Å²) < 4.78 is 10.9. The van der Waals surface area contributed by atoms with E-state index in [1.165, 1.54) is 22.3 Å². The van der Waals surface area contributed by atoms with Gasteiger partial charge in [0.15, 0.2) is 11.5 Å². The Kier molecular flexibility index (Phi) is 5.71. The second-order valence-electron chi connectivity index (χ2n) is 7.15. The fourth-order valence-corrected chi connectivity index (χ4v) is 3.62. The minimum absolute atomic E-state index is 0.00836. The van der Waals surface area contributed by atoms with Gasteiger partial charge in [-0.25, -0.2) is 0 Å². The molecule has 1 N–H and O–H groups in total. The largest absolute Gasteiger partial charge is 0.493 e. The maximum absolute atomic E-state index is 12.6. The lowest BCUT2D eigenvalue weighted by molar-refractivity contribution is -0.117. The number of hydrogen-bond acceptors (Lipinski definition) is 4. The average Bonchev–Trinajstić information content (AvgIpc) is 2.66. The summed E-state index contributed by atoms with van der Waals surface area (Å²) in [5.74, 6) is 1.49. The van der Waals surface area contributed by atoms with E-state index in [2.05, 4.69) is 37.1 Å². The molecule has 3 rings (SSSR count). The molecule has 1 heterocycles. The fraction of sp³-hybridized carbons (Fsp3) is 0.409. The maximum atomic E-state index is 12.6. The van der Waals surface area contributed by atoms with Crippen molar-refractivity contribution in [2.45, 2.75) is 33.2 Å². The third-order valence-electron chi connectivity index (χ3n) is 5.45. The lowest BCUT2D eigenvalue weighted by Gasteiger charge is -2.35. The molecule has 1 amide bonds. The number of fused-ring (bicyclic) bond motifs is 1. The van der Waals surface area contributed by atoms with Crippen LogP contribution in [0.3, 0.4) is 0 Å². The third-order valence-corrected chi connectivity index (χ3v) is 5.45. The molecule has 0 unspecified atom stereocenters. The first-order chi connectivity index (χ1) is 12.9. The molecular formula is C22H28N2O3. The topological polar surface area (TPSA) is 50.8 Å². The molecule has 1 atom stereocenters. The van der Waals surface area contributed by atoms with E-state index in [1.54, 1.807) is 14.2 Å². The van der Waals surface area contributed by atoms with E-state index in [0.29, 0.717) is 6.54 Å². The summed E-state index contributed by atoms with van der Waals surface area (Å²) in [4.78, 5) is 14.8. The number of hydrogen-bond donors (Lipinski definition) is 1. The minimum atomic E-state index is 0.00836. The van der Waals surface area contributed by atoms with E-state index in [9.17, 15) is 4.79 Å². The normalized spacial score (nSPS) is 16.6. The smallest absolute Gasteiger partial charge is 0.238 e. The first kappa shape index (κ1) is 19.2. The SMILES string of the molecule is COc1cc2c(cc1OC)[C@H](C)N(CC(=O)Nc1ccc(C)c(C)c1)CC2. The summed E-state index contributed by atoms with van der Waals surface area (Å²) in [7, 11) is 3.30. The van der Waals surface area contributed by atoms with Crippen molar-refractivity contribution in [3.05, 3.63) is 52.6 Å². The number of benzene rings is 2. The molecule has 5 nitrogen and oxygen atoms in total. The number of carbonyl (C=O) groups excluding carboxylic acids is 1. The first-order valence-electron chi connectivity index (χ1n) is 9.29. The lowest BCUT2D eigenvalue weighted by Crippen LogP contribution is -2.39. The Labute approximate surface area is 161 Å². The van der Waals surface area contributed by atoms with Crippen LogP contribution in [-0.2, 0) is 11.2 Å². The molecule has 0 saturated carbocycles. The van der Waals surface area contributed by atoms with Crippen LogP contribution in [0.25, 0.3) is 0 Å². The Hall–Kier alpha value is -2.53. The summed E-state index contributed by atoms with van der Waals surface area (Å²) in [6, 6.07) is 10.2. The van der Waals surface area contributed by atoms with Gasteiger partial charge in [-0.1, -0.05) is 6.07 Å². The molecular weight excluding hydrogens is 340 g/mol. The summed E-state index contributed by atoms with van der Waals surface area (Å²) in [5, 5.41) is 3.02. The molecule has 0 radical (unpaired) electrons. The van der Waals surface area contributed by atoms with Crippen LogP contribution in [0, 0.1) is 13.8 Å². The number of amides is 1. The van der Waals surface area contributed by atoms with E-state index in [4.69, 9.17) is 9.47 Å². The number of methoxy groups -OCH3 is 2. The van der Waals surface area contributed by atoms with Gasteiger partial charge in [0, 0.05) is 18.3 Å². The molecule has 1 aliphatic heterocycles. The van der Waals surface area contributed by atoms with Gasteiger partial charge in [-0.05, 0) is 73.7 Å². The van der Waals surface area contributed by atoms with Crippen LogP contribution < -0.4 is 14.8 Å². The van der Waals surface area contributed by atoms with Gasteiger partial charge in [0.2, 0.25) is 5.91 Å². The molecule has 0 spiro atoms. The van der Waals surface area contributed by atoms with Crippen molar-refractivity contribution >= 4 is 11.6 Å². The van der Waals surface area contributed by atoms with Crippen molar-refractivity contribution in [2.75, 3.05) is 32.6 Å². The van der Waals surface area contributed by atoms with Gasteiger partial charge in [-0.2, -0.15) is 0 Å². The van der Waals surface area contributed by atoms with Crippen LogP contribution in [0.4, 0.5) is 5.69 Å². The van der Waals surface area contributed by atoms with Crippen molar-refractivity contribution < 1.29 is 14.3 Å². The highest BCUT2D eigenvalue weighted by Crippen LogP contribution is 2.37. The van der Waals surface area contributed by atoms with Crippen LogP contribution >= 0.6 is 0 Å². The zero-order valence-corrected chi connectivity index (χ0v) is 16.8. The van der Waals surface area contributed by atoms with E-state index in [1.807, 2.05) is 24.3 Å². The monoisotopic (exact) mass is 368 g/mol. The van der Waals surface area contributed by atoms with Crippen LogP contribution in [-0.4, -0.2) is 38.1 Å². The number of anilines is 1. The van der Waals surface area contributed by atoms with E-state index < -0.39 is 0 Å². The van der Waals surface area contributed by atoms with Gasteiger partial charge in [-0.15, -0.1) is 0 Å². The molecule has 2 aromatic rings. The van der Waals surface area contributed by atoms with Crippen molar-refractivity contribution in [3.8, 4) is 11.5 Å². The second kappa shape index (κ2) is 8.01. The molecule has 0 aliphatic carbocycles. The molecule has 27 heavy (non-hydrogen) atoms.